The van der Waals surface area contributed by atoms with Crippen LogP contribution in [-0.4, -0.2) is 44.8 Å². The molecule has 1 aromatic heterocycles. The summed E-state index contributed by atoms with van der Waals surface area (Å²) in [7, 11) is 1.69. The molecular weight excluding hydrogens is 204 g/mol. The highest BCUT2D eigenvalue weighted by atomic mass is 35.5. The molecule has 1 aromatic rings. The summed E-state index contributed by atoms with van der Waals surface area (Å²) in [5.74, 6) is 1.00. The van der Waals surface area contributed by atoms with Gasteiger partial charge in [-0.3, -0.25) is 4.79 Å². The first kappa shape index (κ1) is 9.45. The molecule has 76 valence electrons. The van der Waals surface area contributed by atoms with E-state index in [9.17, 15) is 4.79 Å². The molecule has 0 spiro atoms. The topological polar surface area (TPSA) is 51.0 Å². The van der Waals surface area contributed by atoms with Gasteiger partial charge >= 0.3 is 0 Å². The van der Waals surface area contributed by atoms with E-state index in [2.05, 4.69) is 10.2 Å². The van der Waals surface area contributed by atoms with E-state index in [0.717, 1.165) is 13.1 Å². The van der Waals surface area contributed by atoms with Crippen molar-refractivity contribution < 1.29 is 4.79 Å². The first-order valence-corrected chi connectivity index (χ1v) is 4.95. The van der Waals surface area contributed by atoms with E-state index < -0.39 is 0 Å². The third-order valence-corrected chi connectivity index (χ3v) is 2.72. The van der Waals surface area contributed by atoms with Gasteiger partial charge in [0, 0.05) is 31.9 Å². The number of halogens is 1. The third-order valence-electron chi connectivity index (χ3n) is 2.28. The minimum Gasteiger partial charge on any atom is -0.336 e. The van der Waals surface area contributed by atoms with Crippen LogP contribution in [0.3, 0.4) is 0 Å². The molecule has 1 aliphatic heterocycles. The van der Waals surface area contributed by atoms with Crippen LogP contribution in [0.25, 0.3) is 0 Å². The quantitative estimate of drug-likeness (QED) is 0.658. The molecule has 1 saturated heterocycles. The van der Waals surface area contributed by atoms with Gasteiger partial charge in [0.15, 0.2) is 5.69 Å². The van der Waals surface area contributed by atoms with Crippen LogP contribution in [0, 0.1) is 5.92 Å². The second kappa shape index (κ2) is 3.57. The number of amides is 1. The molecule has 0 atom stereocenters. The lowest BCUT2D eigenvalue weighted by Gasteiger charge is -2.37. The normalized spacial score (nSPS) is 16.9. The Morgan fingerprint density at radius 3 is 2.93 bits per heavy atom. The number of alkyl halides is 1. The monoisotopic (exact) mass is 214 g/mol. The van der Waals surface area contributed by atoms with Crippen molar-refractivity contribution in [1.82, 2.24) is 19.9 Å². The van der Waals surface area contributed by atoms with E-state index in [-0.39, 0.29) is 5.91 Å². The Hall–Kier alpha value is -1.10. The lowest BCUT2D eigenvalue weighted by Crippen LogP contribution is -2.50. The van der Waals surface area contributed by atoms with E-state index in [0.29, 0.717) is 17.5 Å². The van der Waals surface area contributed by atoms with Gasteiger partial charge in [0.1, 0.15) is 0 Å². The molecule has 1 fully saturated rings. The Morgan fingerprint density at radius 1 is 1.71 bits per heavy atom. The van der Waals surface area contributed by atoms with Crippen molar-refractivity contribution in [2.75, 3.05) is 19.0 Å². The fourth-order valence-corrected chi connectivity index (χ4v) is 1.63. The van der Waals surface area contributed by atoms with E-state index in [4.69, 9.17) is 11.6 Å². The molecule has 2 rings (SSSR count). The molecule has 0 aliphatic carbocycles. The Balaban J connectivity index is 1.97. The summed E-state index contributed by atoms with van der Waals surface area (Å²) in [6, 6.07) is 0. The predicted molar refractivity (Wildman–Crippen MR) is 51.1 cm³/mol. The molecule has 6 heteroatoms. The summed E-state index contributed by atoms with van der Waals surface area (Å²) in [6.45, 7) is 1.47. The van der Waals surface area contributed by atoms with Crippen molar-refractivity contribution in [3.8, 4) is 0 Å². The van der Waals surface area contributed by atoms with Crippen LogP contribution < -0.4 is 0 Å². The first-order valence-electron chi connectivity index (χ1n) is 4.42. The zero-order valence-electron chi connectivity index (χ0n) is 7.85. The lowest BCUT2D eigenvalue weighted by atomic mass is 10.0. The molecule has 2 heterocycles. The summed E-state index contributed by atoms with van der Waals surface area (Å²) < 4.78 is 0. The maximum Gasteiger partial charge on any atom is 0.276 e. The van der Waals surface area contributed by atoms with Crippen LogP contribution in [-0.2, 0) is 7.05 Å². The van der Waals surface area contributed by atoms with E-state index in [1.807, 2.05) is 0 Å². The van der Waals surface area contributed by atoms with Gasteiger partial charge in [-0.2, -0.15) is 9.90 Å². The summed E-state index contributed by atoms with van der Waals surface area (Å²) in [4.78, 5) is 14.8. The number of aryl methyl sites for hydroxylation is 1. The standard InChI is InChI=1S/C8H11ClN4O/c1-12-10-3-7(11-12)8(14)13-4-6(2-9)5-13/h3,6H,2,4-5H2,1H3. The highest BCUT2D eigenvalue weighted by Gasteiger charge is 2.31. The average molecular weight is 215 g/mol. The fraction of sp³-hybridized carbons (Fsp3) is 0.625. The first-order chi connectivity index (χ1) is 6.70. The third kappa shape index (κ3) is 1.59. The molecule has 5 nitrogen and oxygen atoms in total. The summed E-state index contributed by atoms with van der Waals surface area (Å²) in [5.41, 5.74) is 0.403. The Morgan fingerprint density at radius 2 is 2.43 bits per heavy atom. The maximum atomic E-state index is 11.7. The minimum absolute atomic E-state index is 0.0560. The number of rotatable bonds is 2. The van der Waals surface area contributed by atoms with Gasteiger partial charge < -0.3 is 4.90 Å². The summed E-state index contributed by atoms with van der Waals surface area (Å²) in [6.07, 6.45) is 1.48. The molecule has 0 radical (unpaired) electrons. The van der Waals surface area contributed by atoms with Gasteiger partial charge in [0.2, 0.25) is 0 Å². The second-order valence-corrected chi connectivity index (χ2v) is 3.76. The van der Waals surface area contributed by atoms with E-state index in [1.54, 1.807) is 11.9 Å². The SMILES string of the molecule is Cn1ncc(C(=O)N2CC(CCl)C2)n1. The predicted octanol–water partition coefficient (Wildman–Crippen LogP) is 0.126. The number of hydrogen-bond donors (Lipinski definition) is 0. The number of carbonyl (C=O) groups excluding carboxylic acids is 1. The number of nitrogens with zero attached hydrogens (tertiary/aromatic N) is 4. The average Bonchev–Trinajstić information content (AvgIpc) is 2.49. The molecule has 0 bridgehead atoms. The van der Waals surface area contributed by atoms with Gasteiger partial charge in [-0.05, 0) is 0 Å². The highest BCUT2D eigenvalue weighted by Crippen LogP contribution is 2.18. The van der Waals surface area contributed by atoms with Crippen molar-refractivity contribution in [2.45, 2.75) is 0 Å². The van der Waals surface area contributed by atoms with Crippen molar-refractivity contribution in [3.05, 3.63) is 11.9 Å². The van der Waals surface area contributed by atoms with Crippen LogP contribution in [0.2, 0.25) is 0 Å². The number of hydrogen-bond acceptors (Lipinski definition) is 3. The molecule has 14 heavy (non-hydrogen) atoms. The molecule has 0 aromatic carbocycles. The zero-order valence-corrected chi connectivity index (χ0v) is 8.61. The number of aromatic nitrogens is 3. The van der Waals surface area contributed by atoms with Gasteiger partial charge in [0.25, 0.3) is 5.91 Å². The molecule has 0 N–H and O–H groups in total. The van der Waals surface area contributed by atoms with E-state index >= 15 is 0 Å². The Labute approximate surface area is 86.6 Å². The van der Waals surface area contributed by atoms with E-state index in [1.165, 1.54) is 11.0 Å². The maximum absolute atomic E-state index is 11.7. The van der Waals surface area contributed by atoms with Crippen LogP contribution in [0.1, 0.15) is 10.5 Å². The van der Waals surface area contributed by atoms with Gasteiger partial charge in [-0.15, -0.1) is 16.7 Å². The highest BCUT2D eigenvalue weighted by molar-refractivity contribution is 6.18. The number of likely N-dealkylation sites (tertiary alicyclic amines) is 1. The summed E-state index contributed by atoms with van der Waals surface area (Å²) in [5, 5.41) is 7.80. The largest absolute Gasteiger partial charge is 0.336 e. The van der Waals surface area contributed by atoms with Crippen LogP contribution >= 0.6 is 11.6 Å². The van der Waals surface area contributed by atoms with Crippen molar-refractivity contribution in [3.63, 3.8) is 0 Å². The second-order valence-electron chi connectivity index (χ2n) is 3.45. The van der Waals surface area contributed by atoms with Crippen molar-refractivity contribution in [2.24, 2.45) is 13.0 Å². The Bertz CT molecular complexity index is 345. The lowest BCUT2D eigenvalue weighted by molar-refractivity contribution is 0.0528. The van der Waals surface area contributed by atoms with Crippen LogP contribution in [0.15, 0.2) is 6.20 Å². The zero-order chi connectivity index (χ0) is 10.1. The summed E-state index contributed by atoms with van der Waals surface area (Å²) >= 11 is 5.65. The fourth-order valence-electron chi connectivity index (χ4n) is 1.44. The smallest absolute Gasteiger partial charge is 0.276 e. The molecular formula is C8H11ClN4O. The van der Waals surface area contributed by atoms with Crippen molar-refractivity contribution in [1.29, 1.82) is 0 Å². The molecule has 0 saturated carbocycles. The van der Waals surface area contributed by atoms with Crippen LogP contribution in [0.4, 0.5) is 0 Å². The molecule has 0 unspecified atom stereocenters. The van der Waals surface area contributed by atoms with Crippen molar-refractivity contribution >= 4 is 17.5 Å². The minimum atomic E-state index is -0.0560. The Kier molecular flexibility index (Phi) is 2.41. The van der Waals surface area contributed by atoms with Gasteiger partial charge in [0.05, 0.1) is 6.20 Å². The molecule has 1 amide bonds. The van der Waals surface area contributed by atoms with Gasteiger partial charge in [-0.25, -0.2) is 0 Å². The van der Waals surface area contributed by atoms with Gasteiger partial charge in [-0.1, -0.05) is 0 Å². The number of carbonyl (C=O) groups is 1. The molecule has 1 aliphatic rings. The van der Waals surface area contributed by atoms with Crippen LogP contribution in [0.5, 0.6) is 0 Å².